The summed E-state index contributed by atoms with van der Waals surface area (Å²) < 4.78 is 5.12. The maximum absolute atomic E-state index is 12.4. The summed E-state index contributed by atoms with van der Waals surface area (Å²) in [6, 6.07) is 13.0. The summed E-state index contributed by atoms with van der Waals surface area (Å²) in [6.07, 6.45) is 2.28. The third-order valence-corrected chi connectivity index (χ3v) is 5.87. The maximum atomic E-state index is 12.4. The number of anilines is 2. The molecule has 1 aromatic heterocycles. The van der Waals surface area contributed by atoms with Crippen LogP contribution in [0.5, 0.6) is 5.75 Å². The topological polar surface area (TPSA) is 71.5 Å². The number of thiazole rings is 1. The second kappa shape index (κ2) is 8.67. The number of carbonyl (C=O) groups is 2. The lowest BCUT2D eigenvalue weighted by Gasteiger charge is -2.17. The van der Waals surface area contributed by atoms with Crippen molar-refractivity contribution < 1.29 is 14.3 Å². The summed E-state index contributed by atoms with van der Waals surface area (Å²) in [6.45, 7) is 2.75. The Labute approximate surface area is 179 Å². The van der Waals surface area contributed by atoms with Gasteiger partial charge in [-0.3, -0.25) is 14.9 Å². The van der Waals surface area contributed by atoms with Gasteiger partial charge in [-0.25, -0.2) is 4.98 Å². The van der Waals surface area contributed by atoms with Crippen LogP contribution in [0.3, 0.4) is 0 Å². The number of hydrogen-bond acceptors (Lipinski definition) is 5. The van der Waals surface area contributed by atoms with Gasteiger partial charge in [0.15, 0.2) is 5.13 Å². The van der Waals surface area contributed by atoms with Crippen LogP contribution >= 0.6 is 11.3 Å². The number of methoxy groups -OCH3 is 1. The van der Waals surface area contributed by atoms with E-state index in [1.807, 2.05) is 29.3 Å². The van der Waals surface area contributed by atoms with Crippen molar-refractivity contribution in [2.45, 2.75) is 26.2 Å². The van der Waals surface area contributed by atoms with Gasteiger partial charge in [-0.1, -0.05) is 13.0 Å². The summed E-state index contributed by atoms with van der Waals surface area (Å²) >= 11 is 1.39. The highest BCUT2D eigenvalue weighted by Crippen LogP contribution is 2.34. The normalized spacial score (nSPS) is 12.5. The summed E-state index contributed by atoms with van der Waals surface area (Å²) in [7, 11) is 1.59. The van der Waals surface area contributed by atoms with Gasteiger partial charge in [0.1, 0.15) is 5.75 Å². The zero-order chi connectivity index (χ0) is 21.1. The van der Waals surface area contributed by atoms with Crippen LogP contribution in [0.1, 0.15) is 35.7 Å². The predicted octanol–water partition coefficient (Wildman–Crippen LogP) is 4.76. The number of rotatable bonds is 6. The molecule has 30 heavy (non-hydrogen) atoms. The molecule has 0 atom stereocenters. The van der Waals surface area contributed by atoms with Crippen molar-refractivity contribution in [3.05, 3.63) is 59.0 Å². The molecule has 0 bridgehead atoms. The van der Waals surface area contributed by atoms with E-state index in [0.717, 1.165) is 41.9 Å². The van der Waals surface area contributed by atoms with Gasteiger partial charge < -0.3 is 9.64 Å². The molecule has 2 amide bonds. The van der Waals surface area contributed by atoms with Crippen molar-refractivity contribution in [3.8, 4) is 17.0 Å². The molecule has 2 aromatic carbocycles. The van der Waals surface area contributed by atoms with Crippen LogP contribution < -0.4 is 15.0 Å². The maximum Gasteiger partial charge on any atom is 0.257 e. The Balaban J connectivity index is 1.47. The van der Waals surface area contributed by atoms with Crippen LogP contribution in [0, 0.1) is 0 Å². The predicted molar refractivity (Wildman–Crippen MR) is 119 cm³/mol. The van der Waals surface area contributed by atoms with Crippen molar-refractivity contribution in [2.75, 3.05) is 23.9 Å². The van der Waals surface area contributed by atoms with Crippen molar-refractivity contribution in [3.63, 3.8) is 0 Å². The quantitative estimate of drug-likeness (QED) is 0.623. The number of benzene rings is 2. The van der Waals surface area contributed by atoms with Crippen LogP contribution in [0.25, 0.3) is 11.3 Å². The highest BCUT2D eigenvalue weighted by atomic mass is 32.1. The summed E-state index contributed by atoms with van der Waals surface area (Å²) in [5, 5.41) is 5.33. The molecule has 6 nitrogen and oxygen atoms in total. The third-order valence-electron chi connectivity index (χ3n) is 5.11. The molecule has 1 aliphatic heterocycles. The molecule has 0 saturated heterocycles. The Morgan fingerprint density at radius 3 is 2.73 bits per heavy atom. The molecule has 0 aliphatic carbocycles. The molecule has 3 aromatic rings. The van der Waals surface area contributed by atoms with Crippen LogP contribution in [-0.4, -0.2) is 30.5 Å². The molecule has 0 radical (unpaired) electrons. The fourth-order valence-electron chi connectivity index (χ4n) is 3.54. The van der Waals surface area contributed by atoms with E-state index in [1.165, 1.54) is 11.3 Å². The minimum Gasteiger partial charge on any atom is -0.497 e. The summed E-state index contributed by atoms with van der Waals surface area (Å²) in [5.41, 5.74) is 4.50. The van der Waals surface area contributed by atoms with E-state index in [1.54, 1.807) is 31.4 Å². The molecule has 1 N–H and O–H groups in total. The lowest BCUT2D eigenvalue weighted by Crippen LogP contribution is -2.28. The third kappa shape index (κ3) is 4.07. The highest BCUT2D eigenvalue weighted by molar-refractivity contribution is 7.14. The number of ether oxygens (including phenoxy) is 1. The van der Waals surface area contributed by atoms with Gasteiger partial charge in [0.05, 0.1) is 12.8 Å². The first-order valence-electron chi connectivity index (χ1n) is 9.93. The van der Waals surface area contributed by atoms with Gasteiger partial charge in [0, 0.05) is 35.2 Å². The van der Waals surface area contributed by atoms with E-state index in [4.69, 9.17) is 4.74 Å². The van der Waals surface area contributed by atoms with E-state index < -0.39 is 0 Å². The largest absolute Gasteiger partial charge is 0.497 e. The standard InChI is InChI=1S/C23H23N3O3S/c1-3-4-21(27)26-12-11-17-13-16(7-10-20(17)26)19-14-30-23(24-19)25-22(28)15-5-8-18(29-2)9-6-15/h5-10,13-14H,3-4,11-12H2,1-2H3,(H,24,25,28). The van der Waals surface area contributed by atoms with Crippen molar-refractivity contribution in [2.24, 2.45) is 0 Å². The van der Waals surface area contributed by atoms with Crippen LogP contribution in [-0.2, 0) is 11.2 Å². The second-order valence-electron chi connectivity index (χ2n) is 7.11. The molecule has 2 heterocycles. The Morgan fingerprint density at radius 1 is 1.20 bits per heavy atom. The van der Waals surface area contributed by atoms with Crippen molar-refractivity contribution >= 4 is 34.0 Å². The highest BCUT2D eigenvalue weighted by Gasteiger charge is 2.24. The zero-order valence-electron chi connectivity index (χ0n) is 17.0. The number of amides is 2. The minimum atomic E-state index is -0.211. The Bertz CT molecular complexity index is 1080. The first-order chi connectivity index (χ1) is 14.6. The van der Waals surface area contributed by atoms with Crippen molar-refractivity contribution in [1.82, 2.24) is 4.98 Å². The van der Waals surface area contributed by atoms with E-state index in [9.17, 15) is 9.59 Å². The summed E-state index contributed by atoms with van der Waals surface area (Å²) in [5.74, 6) is 0.674. The molecule has 0 fully saturated rings. The smallest absolute Gasteiger partial charge is 0.257 e. The number of nitrogens with one attached hydrogen (secondary N) is 1. The molecule has 0 spiro atoms. The fourth-order valence-corrected chi connectivity index (χ4v) is 4.26. The number of carbonyl (C=O) groups excluding carboxylic acids is 2. The monoisotopic (exact) mass is 421 g/mol. The van der Waals surface area contributed by atoms with Gasteiger partial charge in [0.2, 0.25) is 5.91 Å². The van der Waals surface area contributed by atoms with E-state index in [0.29, 0.717) is 22.9 Å². The van der Waals surface area contributed by atoms with Gasteiger partial charge in [-0.2, -0.15) is 0 Å². The summed E-state index contributed by atoms with van der Waals surface area (Å²) in [4.78, 5) is 31.2. The Kier molecular flexibility index (Phi) is 5.81. The Hall–Kier alpha value is -3.19. The van der Waals surface area contributed by atoms with E-state index in [-0.39, 0.29) is 11.8 Å². The Morgan fingerprint density at radius 2 is 2.00 bits per heavy atom. The zero-order valence-corrected chi connectivity index (χ0v) is 17.8. The number of nitrogens with zero attached hydrogens (tertiary/aromatic N) is 2. The van der Waals surface area contributed by atoms with Crippen LogP contribution in [0.15, 0.2) is 47.8 Å². The average molecular weight is 422 g/mol. The minimum absolute atomic E-state index is 0.182. The van der Waals surface area contributed by atoms with E-state index in [2.05, 4.69) is 16.4 Å². The molecule has 1 aliphatic rings. The molecule has 0 unspecified atom stereocenters. The SMILES string of the molecule is CCCC(=O)N1CCc2cc(-c3csc(NC(=O)c4ccc(OC)cc4)n3)ccc21. The number of hydrogen-bond donors (Lipinski definition) is 1. The molecular formula is C23H23N3O3S. The van der Waals surface area contributed by atoms with Gasteiger partial charge in [-0.15, -0.1) is 11.3 Å². The number of aromatic nitrogens is 1. The van der Waals surface area contributed by atoms with Gasteiger partial charge in [0.25, 0.3) is 5.91 Å². The van der Waals surface area contributed by atoms with Gasteiger partial charge in [-0.05, 0) is 54.8 Å². The lowest BCUT2D eigenvalue weighted by atomic mass is 10.1. The first kappa shape index (κ1) is 20.1. The second-order valence-corrected chi connectivity index (χ2v) is 7.97. The lowest BCUT2D eigenvalue weighted by molar-refractivity contribution is -0.118. The van der Waals surface area contributed by atoms with Crippen LogP contribution in [0.4, 0.5) is 10.8 Å². The molecule has 7 heteroatoms. The molecule has 4 rings (SSSR count). The van der Waals surface area contributed by atoms with Crippen LogP contribution in [0.2, 0.25) is 0 Å². The first-order valence-corrected chi connectivity index (χ1v) is 10.8. The molecule has 0 saturated carbocycles. The van der Waals surface area contributed by atoms with Gasteiger partial charge >= 0.3 is 0 Å². The van der Waals surface area contributed by atoms with E-state index >= 15 is 0 Å². The molecular weight excluding hydrogens is 398 g/mol. The number of fused-ring (bicyclic) bond motifs is 1. The molecule has 154 valence electrons. The fraction of sp³-hybridized carbons (Fsp3) is 0.261. The van der Waals surface area contributed by atoms with Crippen molar-refractivity contribution in [1.29, 1.82) is 0 Å². The average Bonchev–Trinajstić information content (AvgIpc) is 3.40.